The van der Waals surface area contributed by atoms with E-state index >= 15 is 0 Å². The third kappa shape index (κ3) is 4.04. The molecule has 0 aliphatic carbocycles. The Morgan fingerprint density at radius 1 is 1.19 bits per heavy atom. The number of hydrogen-bond acceptors (Lipinski definition) is 6. The Balaban J connectivity index is 1.83. The highest BCUT2D eigenvalue weighted by Gasteiger charge is 2.20. The number of carbonyl (C=O) groups excluding carboxylic acids is 1. The van der Waals surface area contributed by atoms with Gasteiger partial charge in [0.1, 0.15) is 10.7 Å². The molecular weight excluding hydrogens is 433 g/mol. The fourth-order valence-corrected chi connectivity index (χ4v) is 4.26. The Kier molecular flexibility index (Phi) is 5.39. The predicted octanol–water partition coefficient (Wildman–Crippen LogP) is 2.98. The second kappa shape index (κ2) is 8.04. The summed E-state index contributed by atoms with van der Waals surface area (Å²) < 4.78 is 39.8. The first-order valence-electron chi connectivity index (χ1n) is 9.62. The summed E-state index contributed by atoms with van der Waals surface area (Å²) in [5.74, 6) is -0.642. The zero-order valence-electron chi connectivity index (χ0n) is 17.3. The molecule has 0 aliphatic rings. The molecular formula is C22H20FN5O3S. The van der Waals surface area contributed by atoms with Gasteiger partial charge >= 0.3 is 0 Å². The van der Waals surface area contributed by atoms with Gasteiger partial charge in [-0.05, 0) is 42.8 Å². The van der Waals surface area contributed by atoms with Crippen molar-refractivity contribution in [2.45, 2.75) is 18.4 Å². The van der Waals surface area contributed by atoms with E-state index in [0.29, 0.717) is 22.0 Å². The molecule has 164 valence electrons. The number of nitrogens with one attached hydrogen (secondary N) is 1. The van der Waals surface area contributed by atoms with Gasteiger partial charge in [0.2, 0.25) is 11.9 Å². The summed E-state index contributed by atoms with van der Waals surface area (Å²) in [6, 6.07) is 12.9. The number of anilines is 1. The van der Waals surface area contributed by atoms with Crippen LogP contribution in [-0.4, -0.2) is 35.1 Å². The average molecular weight is 453 g/mol. The van der Waals surface area contributed by atoms with E-state index in [9.17, 15) is 17.6 Å². The molecule has 0 radical (unpaired) electrons. The van der Waals surface area contributed by atoms with Crippen molar-refractivity contribution < 1.29 is 17.6 Å². The molecule has 0 spiro atoms. The zero-order chi connectivity index (χ0) is 23.0. The number of primary amides is 1. The molecule has 2 heterocycles. The number of hydrogen-bond donors (Lipinski definition) is 2. The molecule has 8 nitrogen and oxygen atoms in total. The van der Waals surface area contributed by atoms with Crippen LogP contribution >= 0.6 is 0 Å². The maximum atomic E-state index is 13.5. The van der Waals surface area contributed by atoms with E-state index in [1.165, 1.54) is 18.3 Å². The fraction of sp³-hybridized carbons (Fsp3) is 0.136. The normalized spacial score (nSPS) is 11.6. The molecule has 0 bridgehead atoms. The lowest BCUT2D eigenvalue weighted by Gasteiger charge is -2.13. The molecule has 1 amide bonds. The van der Waals surface area contributed by atoms with Gasteiger partial charge in [0.15, 0.2) is 15.7 Å². The molecule has 4 rings (SSSR count). The quantitative estimate of drug-likeness (QED) is 0.463. The largest absolute Gasteiger partial charge is 0.366 e. The number of nitrogens with zero attached hydrogens (tertiary/aromatic N) is 3. The smallest absolute Gasteiger partial charge is 0.249 e. The molecule has 2 aromatic carbocycles. The van der Waals surface area contributed by atoms with Crippen molar-refractivity contribution >= 4 is 32.5 Å². The Morgan fingerprint density at radius 2 is 1.94 bits per heavy atom. The van der Waals surface area contributed by atoms with E-state index in [1.54, 1.807) is 41.0 Å². The number of amides is 1. The van der Waals surface area contributed by atoms with Gasteiger partial charge in [0.05, 0.1) is 11.7 Å². The van der Waals surface area contributed by atoms with Crippen molar-refractivity contribution in [1.29, 1.82) is 0 Å². The summed E-state index contributed by atoms with van der Waals surface area (Å²) >= 11 is 0. The number of rotatable bonds is 6. The molecule has 3 N–H and O–H groups in total. The second-order valence-electron chi connectivity index (χ2n) is 7.36. The van der Waals surface area contributed by atoms with Gasteiger partial charge in [-0.15, -0.1) is 0 Å². The van der Waals surface area contributed by atoms with Crippen molar-refractivity contribution in [3.8, 4) is 5.95 Å². The first-order chi connectivity index (χ1) is 15.1. The maximum Gasteiger partial charge on any atom is 0.249 e. The minimum Gasteiger partial charge on any atom is -0.366 e. The highest BCUT2D eigenvalue weighted by atomic mass is 32.2. The summed E-state index contributed by atoms with van der Waals surface area (Å²) in [4.78, 5) is 20.4. The van der Waals surface area contributed by atoms with Crippen LogP contribution in [0.2, 0.25) is 0 Å². The van der Waals surface area contributed by atoms with Crippen molar-refractivity contribution in [2.24, 2.45) is 5.73 Å². The average Bonchev–Trinajstić information content (AvgIpc) is 3.07. The number of halogens is 1. The molecule has 10 heteroatoms. The summed E-state index contributed by atoms with van der Waals surface area (Å²) in [5.41, 5.74) is 7.87. The number of benzene rings is 2. The molecule has 32 heavy (non-hydrogen) atoms. The van der Waals surface area contributed by atoms with Gasteiger partial charge in [-0.25, -0.2) is 17.8 Å². The van der Waals surface area contributed by atoms with E-state index in [1.807, 2.05) is 6.92 Å². The number of fused-ring (bicyclic) bond motifs is 1. The Labute approximate surface area is 183 Å². The standard InChI is InChI=1S/C22H20FN5O3S/c1-13-9-17-16(20(24)29)7-4-8-18(17)28(13)22-26-12-19(32(2,30)31)21(27-22)25-11-14-5-3-6-15(23)10-14/h3-10,12H,11H2,1-2H3,(H2,24,29)(H,25,26,27). The molecule has 0 fully saturated rings. The zero-order valence-corrected chi connectivity index (χ0v) is 18.1. The molecule has 2 aromatic heterocycles. The molecule has 0 saturated carbocycles. The van der Waals surface area contributed by atoms with Crippen molar-refractivity contribution in [3.05, 3.63) is 77.4 Å². The number of carbonyl (C=O) groups is 1. The lowest BCUT2D eigenvalue weighted by atomic mass is 10.1. The van der Waals surface area contributed by atoms with E-state index in [2.05, 4.69) is 15.3 Å². The Hall–Kier alpha value is -3.79. The van der Waals surface area contributed by atoms with Crippen LogP contribution in [-0.2, 0) is 16.4 Å². The van der Waals surface area contributed by atoms with E-state index in [0.717, 1.165) is 11.9 Å². The highest BCUT2D eigenvalue weighted by Crippen LogP contribution is 2.27. The summed E-state index contributed by atoms with van der Waals surface area (Å²) in [6.07, 6.45) is 2.29. The van der Waals surface area contributed by atoms with Crippen LogP contribution in [0.5, 0.6) is 0 Å². The maximum absolute atomic E-state index is 13.5. The van der Waals surface area contributed by atoms with Crippen LogP contribution in [0.4, 0.5) is 10.2 Å². The number of aromatic nitrogens is 3. The van der Waals surface area contributed by atoms with Gasteiger partial charge in [-0.2, -0.15) is 4.98 Å². The number of aryl methyl sites for hydroxylation is 1. The van der Waals surface area contributed by atoms with Crippen LogP contribution in [0.1, 0.15) is 21.6 Å². The Morgan fingerprint density at radius 3 is 2.62 bits per heavy atom. The second-order valence-corrected chi connectivity index (χ2v) is 9.35. The molecule has 4 aromatic rings. The predicted molar refractivity (Wildman–Crippen MR) is 119 cm³/mol. The van der Waals surface area contributed by atoms with Crippen molar-refractivity contribution in [1.82, 2.24) is 14.5 Å². The SMILES string of the molecule is Cc1cc2c(C(N)=O)cccc2n1-c1ncc(S(C)(=O)=O)c(NCc2cccc(F)c2)n1. The van der Waals surface area contributed by atoms with Gasteiger partial charge in [0, 0.05) is 29.4 Å². The first-order valence-corrected chi connectivity index (χ1v) is 11.5. The lowest BCUT2D eigenvalue weighted by molar-refractivity contribution is 0.100. The third-order valence-electron chi connectivity index (χ3n) is 4.99. The first kappa shape index (κ1) is 21.4. The fourth-order valence-electron chi connectivity index (χ4n) is 3.54. The highest BCUT2D eigenvalue weighted by molar-refractivity contribution is 7.90. The van der Waals surface area contributed by atoms with Gasteiger partial charge < -0.3 is 11.1 Å². The van der Waals surface area contributed by atoms with E-state index < -0.39 is 21.6 Å². The van der Waals surface area contributed by atoms with Crippen LogP contribution < -0.4 is 11.1 Å². The summed E-state index contributed by atoms with van der Waals surface area (Å²) in [6.45, 7) is 1.98. The Bertz CT molecular complexity index is 1460. The van der Waals surface area contributed by atoms with Crippen LogP contribution in [0, 0.1) is 12.7 Å². The van der Waals surface area contributed by atoms with Crippen molar-refractivity contribution in [3.63, 3.8) is 0 Å². The molecule has 0 aliphatic heterocycles. The van der Waals surface area contributed by atoms with Crippen LogP contribution in [0.3, 0.4) is 0 Å². The summed E-state index contributed by atoms with van der Waals surface area (Å²) in [7, 11) is -3.63. The van der Waals surface area contributed by atoms with E-state index in [4.69, 9.17) is 5.73 Å². The molecule has 0 unspecified atom stereocenters. The third-order valence-corrected chi connectivity index (χ3v) is 6.08. The van der Waals surface area contributed by atoms with Crippen LogP contribution in [0.15, 0.2) is 59.6 Å². The molecule has 0 atom stereocenters. The van der Waals surface area contributed by atoms with Gasteiger partial charge in [-0.1, -0.05) is 18.2 Å². The van der Waals surface area contributed by atoms with Gasteiger partial charge in [0.25, 0.3) is 0 Å². The lowest BCUT2D eigenvalue weighted by Crippen LogP contribution is -2.13. The monoisotopic (exact) mass is 453 g/mol. The minimum atomic E-state index is -3.63. The van der Waals surface area contributed by atoms with Gasteiger partial charge in [-0.3, -0.25) is 9.36 Å². The van der Waals surface area contributed by atoms with E-state index in [-0.39, 0.29) is 23.2 Å². The van der Waals surface area contributed by atoms with Crippen molar-refractivity contribution in [2.75, 3.05) is 11.6 Å². The number of sulfone groups is 1. The number of nitrogens with two attached hydrogens (primary N) is 1. The molecule has 0 saturated heterocycles. The summed E-state index contributed by atoms with van der Waals surface area (Å²) in [5, 5.41) is 3.62. The topological polar surface area (TPSA) is 120 Å². The van der Waals surface area contributed by atoms with Crippen LogP contribution in [0.25, 0.3) is 16.9 Å². The minimum absolute atomic E-state index is 0.0791.